The second-order valence-electron chi connectivity index (χ2n) is 5.20. The molecule has 0 atom stereocenters. The lowest BCUT2D eigenvalue weighted by atomic mass is 9.98. The smallest absolute Gasteiger partial charge is 0.352 e. The van der Waals surface area contributed by atoms with E-state index in [9.17, 15) is 18.0 Å². The number of alkyl halides is 3. The third kappa shape index (κ3) is 5.40. The molecule has 1 N–H and O–H groups in total. The van der Waals surface area contributed by atoms with Crippen molar-refractivity contribution in [1.29, 1.82) is 0 Å². The first kappa shape index (κ1) is 17.5. The Hall–Kier alpha value is -1.52. The molecule has 0 spiro atoms. The Morgan fingerprint density at radius 2 is 1.71 bits per heavy atom. The zero-order valence-electron chi connectivity index (χ0n) is 12.5. The molecule has 21 heavy (non-hydrogen) atoms. The van der Waals surface area contributed by atoms with Gasteiger partial charge in [0.25, 0.3) is 5.91 Å². The number of carbonyl (C=O) groups excluding carboxylic acids is 1. The summed E-state index contributed by atoms with van der Waals surface area (Å²) in [5, 5.41) is 2.64. The van der Waals surface area contributed by atoms with Gasteiger partial charge in [0.1, 0.15) is 0 Å². The molecule has 0 aliphatic carbocycles. The molecule has 118 valence electrons. The summed E-state index contributed by atoms with van der Waals surface area (Å²) >= 11 is 0. The molecule has 1 aromatic rings. The molecule has 0 radical (unpaired) electrons. The first-order valence-electron chi connectivity index (χ1n) is 7.34. The predicted octanol–water partition coefficient (Wildman–Crippen LogP) is 4.65. The molecular formula is C16H22F3NO. The lowest BCUT2D eigenvalue weighted by molar-refractivity contribution is -0.137. The highest BCUT2D eigenvalue weighted by molar-refractivity contribution is 5.95. The number of amides is 1. The highest BCUT2D eigenvalue weighted by Gasteiger charge is 2.34. The van der Waals surface area contributed by atoms with Crippen molar-refractivity contribution < 1.29 is 18.0 Å². The number of carbonyl (C=O) groups is 1. The maximum Gasteiger partial charge on any atom is 0.417 e. The van der Waals surface area contributed by atoms with E-state index in [0.29, 0.717) is 12.5 Å². The van der Waals surface area contributed by atoms with Crippen LogP contribution in [0.1, 0.15) is 55.5 Å². The van der Waals surface area contributed by atoms with Gasteiger partial charge in [0, 0.05) is 6.54 Å². The number of hydrogen-bond donors (Lipinski definition) is 1. The van der Waals surface area contributed by atoms with Crippen LogP contribution < -0.4 is 5.32 Å². The van der Waals surface area contributed by atoms with E-state index < -0.39 is 17.6 Å². The molecular weight excluding hydrogens is 279 g/mol. The number of nitrogens with one attached hydrogen (secondary N) is 1. The summed E-state index contributed by atoms with van der Waals surface area (Å²) in [6, 6.07) is 4.88. The Balaban J connectivity index is 2.76. The predicted molar refractivity (Wildman–Crippen MR) is 77.1 cm³/mol. The molecule has 0 saturated heterocycles. The third-order valence-electron chi connectivity index (χ3n) is 3.42. The van der Waals surface area contributed by atoms with Gasteiger partial charge in [0.15, 0.2) is 0 Å². The fraction of sp³-hybridized carbons (Fsp3) is 0.562. The van der Waals surface area contributed by atoms with Crippen LogP contribution >= 0.6 is 0 Å². The topological polar surface area (TPSA) is 29.1 Å². The van der Waals surface area contributed by atoms with E-state index in [0.717, 1.165) is 31.7 Å². The molecule has 0 aliphatic heterocycles. The number of rotatable bonds is 7. The number of halogens is 3. The van der Waals surface area contributed by atoms with Crippen LogP contribution in [0.15, 0.2) is 24.3 Å². The van der Waals surface area contributed by atoms with Crippen LogP contribution in [-0.2, 0) is 6.18 Å². The van der Waals surface area contributed by atoms with E-state index in [1.165, 1.54) is 18.2 Å². The van der Waals surface area contributed by atoms with E-state index >= 15 is 0 Å². The minimum absolute atomic E-state index is 0.309. The lowest BCUT2D eigenvalue weighted by Gasteiger charge is -2.17. The van der Waals surface area contributed by atoms with Crippen LogP contribution in [0.25, 0.3) is 0 Å². The maximum atomic E-state index is 12.9. The van der Waals surface area contributed by atoms with Crippen molar-refractivity contribution in [2.24, 2.45) is 5.92 Å². The van der Waals surface area contributed by atoms with Crippen molar-refractivity contribution in [1.82, 2.24) is 5.32 Å². The summed E-state index contributed by atoms with van der Waals surface area (Å²) in [4.78, 5) is 12.0. The molecule has 2 nitrogen and oxygen atoms in total. The average molecular weight is 301 g/mol. The van der Waals surface area contributed by atoms with Crippen LogP contribution in [-0.4, -0.2) is 12.5 Å². The summed E-state index contributed by atoms with van der Waals surface area (Å²) < 4.78 is 38.6. The van der Waals surface area contributed by atoms with Gasteiger partial charge in [-0.2, -0.15) is 13.2 Å². The fourth-order valence-corrected chi connectivity index (χ4v) is 2.43. The molecule has 0 aromatic heterocycles. The van der Waals surface area contributed by atoms with Crippen LogP contribution in [0.5, 0.6) is 0 Å². The molecule has 0 fully saturated rings. The second kappa shape index (κ2) is 8.05. The molecule has 0 heterocycles. The number of hydrogen-bond acceptors (Lipinski definition) is 1. The zero-order chi connectivity index (χ0) is 15.9. The zero-order valence-corrected chi connectivity index (χ0v) is 12.5. The Morgan fingerprint density at radius 3 is 2.24 bits per heavy atom. The Kier molecular flexibility index (Phi) is 6.72. The van der Waals surface area contributed by atoms with Crippen molar-refractivity contribution in [3.8, 4) is 0 Å². The molecule has 1 amide bonds. The van der Waals surface area contributed by atoms with Crippen molar-refractivity contribution in [3.05, 3.63) is 35.4 Å². The van der Waals surface area contributed by atoms with Crippen molar-refractivity contribution in [2.45, 2.75) is 45.7 Å². The van der Waals surface area contributed by atoms with E-state index in [2.05, 4.69) is 19.2 Å². The molecule has 0 bridgehead atoms. The number of benzene rings is 1. The normalized spacial score (nSPS) is 11.7. The Labute approximate surface area is 123 Å². The maximum absolute atomic E-state index is 12.9. The molecule has 0 saturated carbocycles. The van der Waals surface area contributed by atoms with E-state index in [1.54, 1.807) is 0 Å². The van der Waals surface area contributed by atoms with Gasteiger partial charge in [-0.15, -0.1) is 0 Å². The first-order chi connectivity index (χ1) is 9.90. The fourth-order valence-electron chi connectivity index (χ4n) is 2.43. The summed E-state index contributed by atoms with van der Waals surface area (Å²) in [7, 11) is 0. The van der Waals surface area contributed by atoms with Crippen molar-refractivity contribution in [3.63, 3.8) is 0 Å². The quantitative estimate of drug-likeness (QED) is 0.780. The monoisotopic (exact) mass is 301 g/mol. The molecule has 1 aromatic carbocycles. The lowest BCUT2D eigenvalue weighted by Crippen LogP contribution is -2.31. The minimum Gasteiger partial charge on any atom is -0.352 e. The standard InChI is InChI=1S/C16H22F3NO/c1-3-7-12(8-4-2)11-20-15(21)13-9-5-6-10-14(13)16(17,18)19/h5-6,9-10,12H,3-4,7-8,11H2,1-2H3,(H,20,21). The Morgan fingerprint density at radius 1 is 1.14 bits per heavy atom. The molecule has 5 heteroatoms. The highest BCUT2D eigenvalue weighted by Crippen LogP contribution is 2.31. The van der Waals surface area contributed by atoms with Crippen molar-refractivity contribution in [2.75, 3.05) is 6.54 Å². The largest absolute Gasteiger partial charge is 0.417 e. The highest BCUT2D eigenvalue weighted by atomic mass is 19.4. The van der Waals surface area contributed by atoms with Gasteiger partial charge in [-0.1, -0.05) is 38.8 Å². The average Bonchev–Trinajstić information content (AvgIpc) is 2.44. The van der Waals surface area contributed by atoms with Gasteiger partial charge in [-0.3, -0.25) is 4.79 Å². The SMILES string of the molecule is CCCC(CCC)CNC(=O)c1ccccc1C(F)(F)F. The van der Waals surface area contributed by atoms with Crippen LogP contribution in [0.3, 0.4) is 0 Å². The Bertz CT molecular complexity index is 451. The van der Waals surface area contributed by atoms with Gasteiger partial charge in [-0.25, -0.2) is 0 Å². The van der Waals surface area contributed by atoms with E-state index in [1.807, 2.05) is 0 Å². The summed E-state index contributed by atoms with van der Waals surface area (Å²) in [6.45, 7) is 4.54. The second-order valence-corrected chi connectivity index (χ2v) is 5.20. The molecule has 0 aliphatic rings. The summed E-state index contributed by atoms with van der Waals surface area (Å²) in [5.74, 6) is -0.331. The molecule has 0 unspecified atom stereocenters. The van der Waals surface area contributed by atoms with Gasteiger partial charge in [0.05, 0.1) is 11.1 Å². The third-order valence-corrected chi connectivity index (χ3v) is 3.42. The van der Waals surface area contributed by atoms with E-state index in [-0.39, 0.29) is 5.56 Å². The summed E-state index contributed by atoms with van der Waals surface area (Å²) in [6.07, 6.45) is -0.580. The summed E-state index contributed by atoms with van der Waals surface area (Å²) in [5.41, 5.74) is -1.19. The van der Waals surface area contributed by atoms with Gasteiger partial charge in [-0.05, 0) is 30.9 Å². The van der Waals surface area contributed by atoms with Gasteiger partial charge < -0.3 is 5.32 Å². The minimum atomic E-state index is -4.51. The van der Waals surface area contributed by atoms with Gasteiger partial charge in [0.2, 0.25) is 0 Å². The van der Waals surface area contributed by atoms with Crippen LogP contribution in [0.2, 0.25) is 0 Å². The van der Waals surface area contributed by atoms with Gasteiger partial charge >= 0.3 is 6.18 Å². The van der Waals surface area contributed by atoms with Crippen LogP contribution in [0.4, 0.5) is 13.2 Å². The van der Waals surface area contributed by atoms with E-state index in [4.69, 9.17) is 0 Å². The first-order valence-corrected chi connectivity index (χ1v) is 7.34. The van der Waals surface area contributed by atoms with Crippen molar-refractivity contribution >= 4 is 5.91 Å². The van der Waals surface area contributed by atoms with Crippen LogP contribution in [0, 0.1) is 5.92 Å². The molecule has 1 rings (SSSR count).